The van der Waals surface area contributed by atoms with Crippen molar-refractivity contribution in [1.82, 2.24) is 41.9 Å². The summed E-state index contributed by atoms with van der Waals surface area (Å²) in [6, 6.07) is -1.13. The van der Waals surface area contributed by atoms with Crippen LogP contribution in [0.25, 0.3) is 0 Å². The number of carbonyl (C=O) groups is 9. The molecule has 28 heteroatoms. The predicted octanol–water partition coefficient (Wildman–Crippen LogP) is -1.14. The maximum atomic E-state index is 13.3. The molecule has 28 nitrogen and oxygen atoms in total. The number of carbonyl (C=O) groups excluding carboxylic acids is 9. The number of rotatable bonds is 44. The molecule has 0 aromatic rings. The van der Waals surface area contributed by atoms with E-state index in [1.807, 2.05) is 0 Å². The van der Waals surface area contributed by atoms with Gasteiger partial charge in [0.1, 0.15) is 42.7 Å². The summed E-state index contributed by atoms with van der Waals surface area (Å²) in [5, 5.41) is 76.7. The summed E-state index contributed by atoms with van der Waals surface area (Å²) < 4.78 is 21.7. The van der Waals surface area contributed by atoms with Gasteiger partial charge in [-0.05, 0) is 39.5 Å². The van der Waals surface area contributed by atoms with Gasteiger partial charge in [0.05, 0.1) is 51.5 Å². The number of nitrogens with zero attached hydrogens (tertiary/aromatic N) is 2. The third kappa shape index (κ3) is 29.4. The van der Waals surface area contributed by atoms with Gasteiger partial charge in [0.15, 0.2) is 12.6 Å². The highest BCUT2D eigenvalue weighted by Crippen LogP contribution is 2.23. The van der Waals surface area contributed by atoms with E-state index < -0.39 is 122 Å². The molecule has 3 fully saturated rings. The van der Waals surface area contributed by atoms with Gasteiger partial charge >= 0.3 is 5.97 Å². The van der Waals surface area contributed by atoms with E-state index in [1.165, 1.54) is 76.5 Å². The van der Waals surface area contributed by atoms with Crippen molar-refractivity contribution in [2.45, 2.75) is 236 Å². The molecule has 0 aliphatic carbocycles. The molecule has 12 N–H and O–H groups in total. The van der Waals surface area contributed by atoms with Crippen LogP contribution in [0, 0.1) is 0 Å². The Bertz CT molecular complexity index is 1940. The van der Waals surface area contributed by atoms with E-state index in [9.17, 15) is 73.8 Å². The van der Waals surface area contributed by atoms with Crippen molar-refractivity contribution in [2.75, 3.05) is 65.6 Å². The van der Waals surface area contributed by atoms with Crippen LogP contribution in [-0.2, 0) is 66.9 Å². The van der Waals surface area contributed by atoms with Crippen LogP contribution in [0.5, 0.6) is 0 Å². The highest BCUT2D eigenvalue weighted by atomic mass is 16.7. The van der Waals surface area contributed by atoms with Gasteiger partial charge in [-0.15, -0.1) is 5.06 Å². The van der Waals surface area contributed by atoms with Gasteiger partial charge in [-0.3, -0.25) is 43.3 Å². The van der Waals surface area contributed by atoms with Crippen LogP contribution in [0.4, 0.5) is 0 Å². The summed E-state index contributed by atoms with van der Waals surface area (Å²) in [7, 11) is 0. The first-order valence-electron chi connectivity index (χ1n) is 30.3. The number of hydroxylamine groups is 2. The Balaban J connectivity index is 1.38. The van der Waals surface area contributed by atoms with Gasteiger partial charge in [-0.1, -0.05) is 96.8 Å². The second kappa shape index (κ2) is 41.9. The lowest BCUT2D eigenvalue weighted by molar-refractivity contribution is -0.292. The lowest BCUT2D eigenvalue weighted by Gasteiger charge is -2.38. The van der Waals surface area contributed by atoms with Crippen molar-refractivity contribution in [3.05, 3.63) is 0 Å². The van der Waals surface area contributed by atoms with Crippen molar-refractivity contribution >= 4 is 53.2 Å². The molecule has 3 saturated heterocycles. The molecular weight excluding hydrogens is 1100 g/mol. The average Bonchev–Trinajstić information content (AvgIpc) is 3.84. The molecule has 3 heterocycles. The first-order chi connectivity index (χ1) is 40.2. The summed E-state index contributed by atoms with van der Waals surface area (Å²) in [4.78, 5) is 121. The standard InChI is InChI=1S/C56H98N8O20/c1-4-5-6-7-8-9-10-11-12-13-14-15-16-18-22-41(66)62-39(23-26-47(72)84-64-45(70)24-25-46(64)71)54(79)61-29-28-58-40(65)21-19-17-20-27-57-42(67)34-63(35-43(68)59-30-32-80-55-52(77)50(75)48(73)37(2)82-55)36-44(69)60-31-33-81-56-53(78)51(76)49(74)38(3)83-56/h37-39,48-53,55-56,73-78H,4-36H2,1-3H3,(H,57,67)(H,58,65)(H,59,68)(H,60,69)(H,61,79)(H,62,66)/t37-,38-,39-,48+,49+,50+,51+,52-,53-,55+,56+/m0/s1. The fourth-order valence-electron chi connectivity index (χ4n) is 9.48. The van der Waals surface area contributed by atoms with Crippen LogP contribution in [0.1, 0.15) is 168 Å². The topological polar surface area (TPSA) is 400 Å². The molecule has 0 unspecified atom stereocenters. The number of unbranched alkanes of at least 4 members (excludes halogenated alkanes) is 15. The molecule has 0 aromatic heterocycles. The lowest BCUT2D eigenvalue weighted by atomic mass is 10.0. The predicted molar refractivity (Wildman–Crippen MR) is 300 cm³/mol. The number of ether oxygens (including phenoxy) is 4. The Kier molecular flexibility index (Phi) is 36.6. The zero-order valence-electron chi connectivity index (χ0n) is 49.5. The van der Waals surface area contributed by atoms with Crippen LogP contribution in [-0.4, -0.2) is 227 Å². The minimum absolute atomic E-state index is 0.00324. The summed E-state index contributed by atoms with van der Waals surface area (Å²) >= 11 is 0. The molecule has 3 aliphatic rings. The van der Waals surface area contributed by atoms with Crippen molar-refractivity contribution < 1.29 is 97.6 Å². The van der Waals surface area contributed by atoms with Crippen molar-refractivity contribution in [2.24, 2.45) is 0 Å². The molecule has 0 radical (unpaired) electrons. The van der Waals surface area contributed by atoms with Crippen LogP contribution < -0.4 is 31.9 Å². The molecule has 3 rings (SSSR count). The van der Waals surface area contributed by atoms with E-state index in [0.29, 0.717) is 30.7 Å². The summed E-state index contributed by atoms with van der Waals surface area (Å²) in [5.74, 6) is -5.18. The van der Waals surface area contributed by atoms with E-state index in [2.05, 4.69) is 38.8 Å². The zero-order chi connectivity index (χ0) is 61.8. The van der Waals surface area contributed by atoms with Gasteiger partial charge in [0, 0.05) is 58.4 Å². The second-order valence-electron chi connectivity index (χ2n) is 21.8. The molecular formula is C56H98N8O20. The van der Waals surface area contributed by atoms with Crippen molar-refractivity contribution in [3.8, 4) is 0 Å². The number of imide groups is 1. The van der Waals surface area contributed by atoms with Crippen LogP contribution in [0.2, 0.25) is 0 Å². The van der Waals surface area contributed by atoms with Crippen LogP contribution in [0.3, 0.4) is 0 Å². The maximum Gasteiger partial charge on any atom is 0.333 e. The van der Waals surface area contributed by atoms with E-state index in [-0.39, 0.29) is 103 Å². The Morgan fingerprint density at radius 1 is 0.500 bits per heavy atom. The minimum atomic E-state index is -1.55. The van der Waals surface area contributed by atoms with Gasteiger partial charge in [-0.25, -0.2) is 4.79 Å². The van der Waals surface area contributed by atoms with Gasteiger partial charge in [0.25, 0.3) is 11.8 Å². The average molecular weight is 1200 g/mol. The largest absolute Gasteiger partial charge is 0.388 e. The third-order valence-corrected chi connectivity index (χ3v) is 14.5. The SMILES string of the molecule is CCCCCCCCCCCCCCCCC(=O)N[C@@H](CCC(=O)ON1C(=O)CCC1=O)C(=O)NCCNC(=O)CCCCCNC(=O)CN(CC(=O)NCCO[C@@H]1O[C@@H](C)[C@@H](O)[C@@H](O)[C@@H]1O)CC(=O)NCCO[C@@H]1O[C@@H](C)[C@@H](O)[C@@H](O)[C@@H]1O. The van der Waals surface area contributed by atoms with E-state index in [1.54, 1.807) is 0 Å². The summed E-state index contributed by atoms with van der Waals surface area (Å²) in [6.45, 7) is 3.74. The van der Waals surface area contributed by atoms with E-state index in [0.717, 1.165) is 25.7 Å². The van der Waals surface area contributed by atoms with Gasteiger partial charge < -0.3 is 86.3 Å². The highest BCUT2D eigenvalue weighted by Gasteiger charge is 2.43. The second-order valence-corrected chi connectivity index (χ2v) is 21.8. The number of aliphatic hydroxyl groups excluding tert-OH is 6. The first kappa shape index (κ1) is 73.2. The number of aliphatic hydroxyl groups is 6. The smallest absolute Gasteiger partial charge is 0.333 e. The highest BCUT2D eigenvalue weighted by molar-refractivity contribution is 6.01. The quantitative estimate of drug-likeness (QED) is 0.0253. The Labute approximate surface area is 492 Å². The van der Waals surface area contributed by atoms with Crippen molar-refractivity contribution in [3.63, 3.8) is 0 Å². The molecule has 0 aromatic carbocycles. The van der Waals surface area contributed by atoms with E-state index in [4.69, 9.17) is 23.8 Å². The Hall–Kier alpha value is -5.01. The molecule has 3 aliphatic heterocycles. The molecule has 0 spiro atoms. The Morgan fingerprint density at radius 3 is 1.38 bits per heavy atom. The van der Waals surface area contributed by atoms with Crippen molar-refractivity contribution in [1.29, 1.82) is 0 Å². The van der Waals surface area contributed by atoms with Gasteiger partial charge in [-0.2, -0.15) is 0 Å². The molecule has 0 saturated carbocycles. The summed E-state index contributed by atoms with van der Waals surface area (Å²) in [6.07, 6.45) is 4.33. The molecule has 0 bridgehead atoms. The molecule has 84 heavy (non-hydrogen) atoms. The van der Waals surface area contributed by atoms with Gasteiger partial charge in [0.2, 0.25) is 35.4 Å². The molecule has 482 valence electrons. The number of hydrogen-bond donors (Lipinski definition) is 12. The Morgan fingerprint density at radius 2 is 0.905 bits per heavy atom. The summed E-state index contributed by atoms with van der Waals surface area (Å²) in [5.41, 5.74) is 0. The van der Waals surface area contributed by atoms with Crippen LogP contribution >= 0.6 is 0 Å². The third-order valence-electron chi connectivity index (χ3n) is 14.5. The monoisotopic (exact) mass is 1200 g/mol. The molecule has 8 amide bonds. The van der Waals surface area contributed by atoms with E-state index >= 15 is 0 Å². The van der Waals surface area contributed by atoms with Crippen LogP contribution in [0.15, 0.2) is 0 Å². The fraction of sp³-hybridized carbons (Fsp3) is 0.839. The minimum Gasteiger partial charge on any atom is -0.388 e. The lowest BCUT2D eigenvalue weighted by Crippen LogP contribution is -2.57. The normalized spacial score (nSPS) is 23.7. The number of nitrogens with one attached hydrogen (secondary N) is 6. The maximum absolute atomic E-state index is 13.3. The molecule has 11 atom stereocenters. The number of amides is 8. The zero-order valence-corrected chi connectivity index (χ0v) is 49.5. The number of hydrogen-bond acceptors (Lipinski definition) is 21. The first-order valence-corrected chi connectivity index (χ1v) is 30.3. The fourth-order valence-corrected chi connectivity index (χ4v) is 9.48.